The van der Waals surface area contributed by atoms with E-state index in [0.717, 1.165) is 5.69 Å². The highest BCUT2D eigenvalue weighted by Gasteiger charge is 2.10. The van der Waals surface area contributed by atoms with Gasteiger partial charge in [0, 0.05) is 12.5 Å². The van der Waals surface area contributed by atoms with Gasteiger partial charge in [0.1, 0.15) is 5.75 Å². The summed E-state index contributed by atoms with van der Waals surface area (Å²) in [6.45, 7) is 4.33. The molecule has 1 aromatic rings. The molecule has 5 nitrogen and oxygen atoms in total. The lowest BCUT2D eigenvalue weighted by atomic mass is 10.2. The molecule has 0 aliphatic rings. The summed E-state index contributed by atoms with van der Waals surface area (Å²) in [4.78, 5) is 10.8. The van der Waals surface area contributed by atoms with Crippen molar-refractivity contribution in [2.75, 3.05) is 17.7 Å². The summed E-state index contributed by atoms with van der Waals surface area (Å²) >= 11 is 0. The first kappa shape index (κ1) is 13.2. The summed E-state index contributed by atoms with van der Waals surface area (Å²) in [5, 5.41) is 3.13. The number of hydrogen-bond donors (Lipinski definition) is 3. The standard InChI is InChI=1S/C12H19N3O2/c1-3-17-10-6-4-5-9(12(10)14)15-8(2)7-11(13)16/h4-6,8,15H,3,7,14H2,1-2H3,(H2,13,16). The molecule has 0 saturated heterocycles. The fraction of sp³-hybridized carbons (Fsp3) is 0.417. The molecular weight excluding hydrogens is 218 g/mol. The third-order valence-electron chi connectivity index (χ3n) is 2.28. The van der Waals surface area contributed by atoms with Crippen LogP contribution in [0.3, 0.4) is 0 Å². The Kier molecular flexibility index (Phi) is 4.63. The number of nitrogens with one attached hydrogen (secondary N) is 1. The van der Waals surface area contributed by atoms with Gasteiger partial charge in [-0.15, -0.1) is 0 Å². The molecule has 17 heavy (non-hydrogen) atoms. The summed E-state index contributed by atoms with van der Waals surface area (Å²) < 4.78 is 5.38. The molecule has 0 heterocycles. The first-order chi connectivity index (χ1) is 8.04. The first-order valence-corrected chi connectivity index (χ1v) is 5.60. The van der Waals surface area contributed by atoms with E-state index in [1.807, 2.05) is 32.0 Å². The zero-order chi connectivity index (χ0) is 12.8. The minimum Gasteiger partial charge on any atom is -0.492 e. The average Bonchev–Trinajstić information content (AvgIpc) is 2.23. The van der Waals surface area contributed by atoms with Gasteiger partial charge in [-0.05, 0) is 26.0 Å². The topological polar surface area (TPSA) is 90.4 Å². The number of benzene rings is 1. The predicted molar refractivity (Wildman–Crippen MR) is 68.9 cm³/mol. The van der Waals surface area contributed by atoms with Crippen LogP contribution in [0.1, 0.15) is 20.3 Å². The Morgan fingerprint density at radius 3 is 2.82 bits per heavy atom. The lowest BCUT2D eigenvalue weighted by molar-refractivity contribution is -0.118. The number of primary amides is 1. The van der Waals surface area contributed by atoms with Gasteiger partial charge in [-0.2, -0.15) is 0 Å². The van der Waals surface area contributed by atoms with Crippen molar-refractivity contribution < 1.29 is 9.53 Å². The highest BCUT2D eigenvalue weighted by Crippen LogP contribution is 2.29. The van der Waals surface area contributed by atoms with Gasteiger partial charge in [0.25, 0.3) is 0 Å². The maximum absolute atomic E-state index is 10.8. The minimum absolute atomic E-state index is 0.0633. The second-order valence-corrected chi connectivity index (χ2v) is 3.87. The Morgan fingerprint density at radius 1 is 1.53 bits per heavy atom. The molecule has 0 bridgehead atoms. The molecule has 0 aromatic heterocycles. The lowest BCUT2D eigenvalue weighted by Gasteiger charge is -2.17. The summed E-state index contributed by atoms with van der Waals surface area (Å²) in [5.74, 6) is 0.299. The Hall–Kier alpha value is -1.91. The number of para-hydroxylation sites is 1. The van der Waals surface area contributed by atoms with Crippen LogP contribution < -0.4 is 21.5 Å². The van der Waals surface area contributed by atoms with Crippen molar-refractivity contribution in [1.82, 2.24) is 0 Å². The molecule has 1 unspecified atom stereocenters. The van der Waals surface area contributed by atoms with E-state index in [-0.39, 0.29) is 18.4 Å². The fourth-order valence-corrected chi connectivity index (χ4v) is 1.57. The quantitative estimate of drug-likeness (QED) is 0.651. The summed E-state index contributed by atoms with van der Waals surface area (Å²) in [5.41, 5.74) is 12.4. The van der Waals surface area contributed by atoms with Gasteiger partial charge in [-0.3, -0.25) is 4.79 Å². The number of rotatable bonds is 6. The van der Waals surface area contributed by atoms with Crippen LogP contribution in [0.15, 0.2) is 18.2 Å². The Bertz CT molecular complexity index is 393. The van der Waals surface area contributed by atoms with Crippen LogP contribution in [0.4, 0.5) is 11.4 Å². The number of ether oxygens (including phenoxy) is 1. The Labute approximate surface area is 101 Å². The van der Waals surface area contributed by atoms with Crippen LogP contribution in [-0.2, 0) is 4.79 Å². The molecule has 5 heteroatoms. The third-order valence-corrected chi connectivity index (χ3v) is 2.28. The van der Waals surface area contributed by atoms with Crippen molar-refractivity contribution in [3.8, 4) is 5.75 Å². The van der Waals surface area contributed by atoms with Crippen LogP contribution in [-0.4, -0.2) is 18.6 Å². The molecule has 1 rings (SSSR count). The molecule has 94 valence electrons. The van der Waals surface area contributed by atoms with Crippen molar-refractivity contribution in [3.63, 3.8) is 0 Å². The Morgan fingerprint density at radius 2 is 2.24 bits per heavy atom. The second kappa shape index (κ2) is 5.98. The van der Waals surface area contributed by atoms with Gasteiger partial charge in [-0.1, -0.05) is 6.07 Å². The SMILES string of the molecule is CCOc1cccc(NC(C)CC(N)=O)c1N. The maximum atomic E-state index is 10.8. The average molecular weight is 237 g/mol. The highest BCUT2D eigenvalue weighted by atomic mass is 16.5. The van der Waals surface area contributed by atoms with Gasteiger partial charge in [0.15, 0.2) is 0 Å². The van der Waals surface area contributed by atoms with E-state index in [1.165, 1.54) is 0 Å². The lowest BCUT2D eigenvalue weighted by Crippen LogP contribution is -2.24. The van der Waals surface area contributed by atoms with Crippen LogP contribution in [0.25, 0.3) is 0 Å². The molecule has 1 aromatic carbocycles. The molecule has 0 saturated carbocycles. The van der Waals surface area contributed by atoms with Crippen LogP contribution in [0.5, 0.6) is 5.75 Å². The van der Waals surface area contributed by atoms with Crippen molar-refractivity contribution in [2.24, 2.45) is 5.73 Å². The molecule has 0 aliphatic carbocycles. The predicted octanol–water partition coefficient (Wildman–Crippen LogP) is 1.34. The zero-order valence-electron chi connectivity index (χ0n) is 10.2. The largest absolute Gasteiger partial charge is 0.492 e. The molecular formula is C12H19N3O2. The number of carbonyl (C=O) groups is 1. The molecule has 0 fully saturated rings. The van der Waals surface area contributed by atoms with Crippen molar-refractivity contribution in [1.29, 1.82) is 0 Å². The van der Waals surface area contributed by atoms with Crippen molar-refractivity contribution >= 4 is 17.3 Å². The van der Waals surface area contributed by atoms with Gasteiger partial charge in [0.2, 0.25) is 5.91 Å². The number of anilines is 2. The third kappa shape index (κ3) is 3.86. The van der Waals surface area contributed by atoms with E-state index in [1.54, 1.807) is 0 Å². The summed E-state index contributed by atoms with van der Waals surface area (Å²) in [6, 6.07) is 5.44. The molecule has 1 atom stereocenters. The first-order valence-electron chi connectivity index (χ1n) is 5.60. The van der Waals surface area contributed by atoms with Crippen molar-refractivity contribution in [2.45, 2.75) is 26.3 Å². The normalized spacial score (nSPS) is 11.9. The van der Waals surface area contributed by atoms with Crippen LogP contribution >= 0.6 is 0 Å². The van der Waals surface area contributed by atoms with E-state index in [9.17, 15) is 4.79 Å². The second-order valence-electron chi connectivity index (χ2n) is 3.87. The molecule has 1 amide bonds. The fourth-order valence-electron chi connectivity index (χ4n) is 1.57. The number of amides is 1. The monoisotopic (exact) mass is 237 g/mol. The van der Waals surface area contributed by atoms with Crippen LogP contribution in [0, 0.1) is 0 Å². The van der Waals surface area contributed by atoms with Crippen molar-refractivity contribution in [3.05, 3.63) is 18.2 Å². The number of nitrogen functional groups attached to an aromatic ring is 1. The molecule has 0 aliphatic heterocycles. The van der Waals surface area contributed by atoms with E-state index < -0.39 is 0 Å². The van der Waals surface area contributed by atoms with Gasteiger partial charge >= 0.3 is 0 Å². The number of nitrogens with two attached hydrogens (primary N) is 2. The number of hydrogen-bond acceptors (Lipinski definition) is 4. The zero-order valence-corrected chi connectivity index (χ0v) is 10.2. The molecule has 0 radical (unpaired) electrons. The van der Waals surface area contributed by atoms with E-state index in [4.69, 9.17) is 16.2 Å². The highest BCUT2D eigenvalue weighted by molar-refractivity contribution is 5.76. The van der Waals surface area contributed by atoms with Crippen LogP contribution in [0.2, 0.25) is 0 Å². The minimum atomic E-state index is -0.343. The Balaban J connectivity index is 2.77. The maximum Gasteiger partial charge on any atom is 0.219 e. The van der Waals surface area contributed by atoms with E-state index in [0.29, 0.717) is 18.0 Å². The summed E-state index contributed by atoms with van der Waals surface area (Å²) in [6.07, 6.45) is 0.262. The van der Waals surface area contributed by atoms with E-state index in [2.05, 4.69) is 5.32 Å². The van der Waals surface area contributed by atoms with E-state index >= 15 is 0 Å². The van der Waals surface area contributed by atoms with Gasteiger partial charge in [-0.25, -0.2) is 0 Å². The number of carbonyl (C=O) groups excluding carboxylic acids is 1. The summed E-state index contributed by atoms with van der Waals surface area (Å²) in [7, 11) is 0. The van der Waals surface area contributed by atoms with Gasteiger partial charge in [0.05, 0.1) is 18.0 Å². The van der Waals surface area contributed by atoms with Gasteiger partial charge < -0.3 is 21.5 Å². The molecule has 5 N–H and O–H groups in total. The molecule has 0 spiro atoms. The smallest absolute Gasteiger partial charge is 0.219 e.